The second kappa shape index (κ2) is 6.85. The van der Waals surface area contributed by atoms with Crippen LogP contribution in [0.5, 0.6) is 0 Å². The van der Waals surface area contributed by atoms with Gasteiger partial charge >= 0.3 is 0 Å². The van der Waals surface area contributed by atoms with Crippen molar-refractivity contribution in [2.45, 2.75) is 38.6 Å². The zero-order chi connectivity index (χ0) is 12.8. The molecule has 2 atom stereocenters. The number of hydrogen-bond acceptors (Lipinski definition) is 3. The fourth-order valence-electron chi connectivity index (χ4n) is 2.25. The molecular formula is C13H19N3S2. The molecule has 0 unspecified atom stereocenters. The molecule has 1 aromatic rings. The van der Waals surface area contributed by atoms with Gasteiger partial charge in [0.15, 0.2) is 5.11 Å². The van der Waals surface area contributed by atoms with Crippen molar-refractivity contribution < 1.29 is 0 Å². The summed E-state index contributed by atoms with van der Waals surface area (Å²) in [4.78, 5) is 0. The molecule has 98 valence electrons. The lowest BCUT2D eigenvalue weighted by Crippen LogP contribution is -2.44. The number of nitrogens with one attached hydrogen (secondary N) is 2. The first-order valence-corrected chi connectivity index (χ1v) is 7.72. The second-order valence-electron chi connectivity index (χ2n) is 4.77. The number of hydrogen-bond donors (Lipinski definition) is 2. The van der Waals surface area contributed by atoms with Crippen LogP contribution in [-0.4, -0.2) is 17.4 Å². The first-order chi connectivity index (χ1) is 8.75. The van der Waals surface area contributed by atoms with Crippen molar-refractivity contribution in [3.8, 4) is 0 Å². The van der Waals surface area contributed by atoms with E-state index in [0.717, 1.165) is 5.56 Å². The van der Waals surface area contributed by atoms with Gasteiger partial charge in [0.05, 0.1) is 6.21 Å². The molecule has 2 N–H and O–H groups in total. The summed E-state index contributed by atoms with van der Waals surface area (Å²) in [6.07, 6.45) is 6.92. The Bertz CT molecular complexity index is 400. The van der Waals surface area contributed by atoms with E-state index in [2.05, 4.69) is 22.8 Å². The Morgan fingerprint density at radius 3 is 3.06 bits per heavy atom. The summed E-state index contributed by atoms with van der Waals surface area (Å²) in [7, 11) is 0. The van der Waals surface area contributed by atoms with Crippen molar-refractivity contribution in [1.82, 2.24) is 10.7 Å². The molecule has 1 aromatic heterocycles. The predicted molar refractivity (Wildman–Crippen MR) is 82.2 cm³/mol. The van der Waals surface area contributed by atoms with Gasteiger partial charge in [0.2, 0.25) is 0 Å². The minimum Gasteiger partial charge on any atom is -0.358 e. The summed E-state index contributed by atoms with van der Waals surface area (Å²) in [6, 6.07) is 2.52. The predicted octanol–water partition coefficient (Wildman–Crippen LogP) is 3.12. The molecule has 1 saturated carbocycles. The number of thiophene rings is 1. The fourth-order valence-corrected chi connectivity index (χ4v) is 3.06. The summed E-state index contributed by atoms with van der Waals surface area (Å²) in [5.41, 5.74) is 3.98. The minimum absolute atomic E-state index is 0.495. The maximum absolute atomic E-state index is 5.25. The van der Waals surface area contributed by atoms with Crippen LogP contribution in [0, 0.1) is 5.92 Å². The highest BCUT2D eigenvalue weighted by Gasteiger charge is 2.21. The average Bonchev–Trinajstić information content (AvgIpc) is 2.85. The lowest BCUT2D eigenvalue weighted by molar-refractivity contribution is 0.308. The van der Waals surface area contributed by atoms with Crippen LogP contribution < -0.4 is 10.7 Å². The molecule has 1 aliphatic carbocycles. The van der Waals surface area contributed by atoms with Gasteiger partial charge in [-0.3, -0.25) is 5.43 Å². The summed E-state index contributed by atoms with van der Waals surface area (Å²) < 4.78 is 0. The molecule has 18 heavy (non-hydrogen) atoms. The molecule has 0 amide bonds. The molecule has 1 fully saturated rings. The van der Waals surface area contributed by atoms with Crippen LogP contribution in [0.4, 0.5) is 0 Å². The Morgan fingerprint density at radius 1 is 1.50 bits per heavy atom. The molecule has 1 aliphatic rings. The van der Waals surface area contributed by atoms with E-state index in [-0.39, 0.29) is 0 Å². The zero-order valence-electron chi connectivity index (χ0n) is 10.6. The minimum atomic E-state index is 0.495. The van der Waals surface area contributed by atoms with Crippen LogP contribution in [0.2, 0.25) is 0 Å². The van der Waals surface area contributed by atoms with Gasteiger partial charge in [0, 0.05) is 11.6 Å². The van der Waals surface area contributed by atoms with E-state index in [4.69, 9.17) is 12.2 Å². The van der Waals surface area contributed by atoms with Gasteiger partial charge in [-0.25, -0.2) is 0 Å². The number of rotatable bonds is 3. The molecule has 0 radical (unpaired) electrons. The molecule has 0 spiro atoms. The summed E-state index contributed by atoms with van der Waals surface area (Å²) >= 11 is 6.91. The van der Waals surface area contributed by atoms with Crippen molar-refractivity contribution in [2.24, 2.45) is 11.0 Å². The van der Waals surface area contributed by atoms with E-state index in [1.807, 2.05) is 16.8 Å². The molecule has 0 bridgehead atoms. The first-order valence-electron chi connectivity index (χ1n) is 6.37. The van der Waals surface area contributed by atoms with Gasteiger partial charge < -0.3 is 5.32 Å². The van der Waals surface area contributed by atoms with Crippen molar-refractivity contribution in [3.63, 3.8) is 0 Å². The van der Waals surface area contributed by atoms with E-state index in [0.29, 0.717) is 17.1 Å². The first kappa shape index (κ1) is 13.5. The van der Waals surface area contributed by atoms with Crippen LogP contribution in [-0.2, 0) is 0 Å². The zero-order valence-corrected chi connectivity index (χ0v) is 12.2. The average molecular weight is 281 g/mol. The molecular weight excluding hydrogens is 262 g/mol. The van der Waals surface area contributed by atoms with Gasteiger partial charge in [0.25, 0.3) is 0 Å². The third-order valence-electron chi connectivity index (χ3n) is 3.35. The molecule has 0 aliphatic heterocycles. The Kier molecular flexibility index (Phi) is 5.13. The van der Waals surface area contributed by atoms with Crippen LogP contribution >= 0.6 is 23.6 Å². The highest BCUT2D eigenvalue weighted by Crippen LogP contribution is 2.23. The smallest absolute Gasteiger partial charge is 0.187 e. The van der Waals surface area contributed by atoms with E-state index in [1.54, 1.807) is 17.6 Å². The summed E-state index contributed by atoms with van der Waals surface area (Å²) in [5.74, 6) is 0.694. The van der Waals surface area contributed by atoms with Crippen molar-refractivity contribution >= 4 is 34.9 Å². The van der Waals surface area contributed by atoms with Gasteiger partial charge in [-0.05, 0) is 47.8 Å². The Morgan fingerprint density at radius 2 is 2.33 bits per heavy atom. The molecule has 0 aromatic carbocycles. The quantitative estimate of drug-likeness (QED) is 0.508. The summed E-state index contributed by atoms with van der Waals surface area (Å²) in [6.45, 7) is 2.29. The third-order valence-corrected chi connectivity index (χ3v) is 4.26. The van der Waals surface area contributed by atoms with E-state index >= 15 is 0 Å². The number of hydrazone groups is 1. The SMILES string of the molecule is C[C@H]1CCCC[C@@H]1NC(=S)N/N=C\c1ccsc1. The van der Waals surface area contributed by atoms with Crippen LogP contribution in [0.25, 0.3) is 0 Å². The Labute approximate surface area is 118 Å². The van der Waals surface area contributed by atoms with Gasteiger partial charge in [0.1, 0.15) is 0 Å². The normalized spacial score (nSPS) is 24.1. The van der Waals surface area contributed by atoms with Crippen LogP contribution in [0.3, 0.4) is 0 Å². The van der Waals surface area contributed by atoms with Crippen LogP contribution in [0.1, 0.15) is 38.2 Å². The van der Waals surface area contributed by atoms with Gasteiger partial charge in [-0.2, -0.15) is 16.4 Å². The Hall–Kier alpha value is -0.940. The van der Waals surface area contributed by atoms with Gasteiger partial charge in [-0.1, -0.05) is 19.8 Å². The number of nitrogens with zero attached hydrogens (tertiary/aromatic N) is 1. The van der Waals surface area contributed by atoms with Gasteiger partial charge in [-0.15, -0.1) is 0 Å². The second-order valence-corrected chi connectivity index (χ2v) is 5.96. The maximum atomic E-state index is 5.25. The summed E-state index contributed by atoms with van der Waals surface area (Å²) in [5, 5.41) is 12.2. The van der Waals surface area contributed by atoms with E-state index in [9.17, 15) is 0 Å². The molecule has 2 rings (SSSR count). The maximum Gasteiger partial charge on any atom is 0.187 e. The van der Waals surface area contributed by atoms with Crippen LogP contribution in [0.15, 0.2) is 21.9 Å². The fraction of sp³-hybridized carbons (Fsp3) is 0.538. The van der Waals surface area contributed by atoms with Crippen molar-refractivity contribution in [1.29, 1.82) is 0 Å². The highest BCUT2D eigenvalue weighted by molar-refractivity contribution is 7.80. The third kappa shape index (κ3) is 4.07. The molecule has 0 saturated heterocycles. The highest BCUT2D eigenvalue weighted by atomic mass is 32.1. The topological polar surface area (TPSA) is 36.4 Å². The van der Waals surface area contributed by atoms with Crippen molar-refractivity contribution in [2.75, 3.05) is 0 Å². The standard InChI is InChI=1S/C13H19N3S2/c1-10-4-2-3-5-12(10)15-13(17)16-14-8-11-6-7-18-9-11/h6-10,12H,2-5H2,1H3,(H2,15,16,17)/b14-8-/t10-,12-/m0/s1. The van der Waals surface area contributed by atoms with E-state index < -0.39 is 0 Å². The lowest BCUT2D eigenvalue weighted by atomic mass is 9.86. The molecule has 3 nitrogen and oxygen atoms in total. The lowest BCUT2D eigenvalue weighted by Gasteiger charge is -2.30. The number of thiocarbonyl (C=S) groups is 1. The van der Waals surface area contributed by atoms with E-state index in [1.165, 1.54) is 25.7 Å². The molecule has 5 heteroatoms. The Balaban J connectivity index is 1.74. The molecule has 1 heterocycles. The monoisotopic (exact) mass is 281 g/mol. The van der Waals surface area contributed by atoms with Crippen molar-refractivity contribution in [3.05, 3.63) is 22.4 Å². The largest absolute Gasteiger partial charge is 0.358 e.